The van der Waals surface area contributed by atoms with E-state index in [0.717, 1.165) is 11.3 Å². The lowest BCUT2D eigenvalue weighted by Gasteiger charge is -2.30. The molecule has 2 aliphatic heterocycles. The number of aromatic amines is 1. The summed E-state index contributed by atoms with van der Waals surface area (Å²) in [6.45, 7) is 7.39. The molecule has 0 radical (unpaired) electrons. The molecule has 2 aliphatic rings. The molecule has 2 aromatic rings. The Bertz CT molecular complexity index is 897. The van der Waals surface area contributed by atoms with Crippen LogP contribution in [0.25, 0.3) is 0 Å². The zero-order chi connectivity index (χ0) is 20.1. The van der Waals surface area contributed by atoms with Gasteiger partial charge >= 0.3 is 6.09 Å². The van der Waals surface area contributed by atoms with E-state index < -0.39 is 5.60 Å². The molecule has 0 bridgehead atoms. The summed E-state index contributed by atoms with van der Waals surface area (Å²) in [5, 5.41) is 11.6. The molecule has 4 heterocycles. The highest BCUT2D eigenvalue weighted by Gasteiger charge is 2.36. The average molecular weight is 387 g/mol. The minimum Gasteiger partial charge on any atom is -0.444 e. The SMILES string of the molecule is CN1CC(c2nc[nH]n2)Cn2nc3c(c2C1=O)CN(C(=O)OC(C)(C)C)CC3. The molecule has 1 unspecified atom stereocenters. The minimum atomic E-state index is -0.562. The molecule has 10 heteroatoms. The standard InChI is InChI=1S/C18H25N7O3/c1-18(2,3)28-17(27)24-6-5-13-12(9-24)14-16(26)23(4)7-11(8-25(14)22-13)15-19-10-20-21-15/h10-11H,5-9H2,1-4H3,(H,19,20,21). The molecule has 1 atom stereocenters. The van der Waals surface area contributed by atoms with E-state index in [1.807, 2.05) is 20.8 Å². The van der Waals surface area contributed by atoms with Gasteiger partial charge in [0.2, 0.25) is 0 Å². The average Bonchev–Trinajstić information content (AvgIpc) is 3.23. The van der Waals surface area contributed by atoms with Crippen molar-refractivity contribution in [1.82, 2.24) is 34.8 Å². The fourth-order valence-corrected chi connectivity index (χ4v) is 3.72. The topological polar surface area (TPSA) is 109 Å². The molecule has 28 heavy (non-hydrogen) atoms. The summed E-state index contributed by atoms with van der Waals surface area (Å²) in [5.41, 5.74) is 1.66. The van der Waals surface area contributed by atoms with Crippen LogP contribution >= 0.6 is 0 Å². The molecule has 2 amide bonds. The maximum absolute atomic E-state index is 13.1. The van der Waals surface area contributed by atoms with Crippen molar-refractivity contribution in [2.45, 2.75) is 51.8 Å². The number of fused-ring (bicyclic) bond motifs is 3. The summed E-state index contributed by atoms with van der Waals surface area (Å²) >= 11 is 0. The Morgan fingerprint density at radius 3 is 2.79 bits per heavy atom. The Labute approximate surface area is 162 Å². The highest BCUT2D eigenvalue weighted by atomic mass is 16.6. The van der Waals surface area contributed by atoms with Crippen molar-refractivity contribution in [2.24, 2.45) is 0 Å². The van der Waals surface area contributed by atoms with Crippen LogP contribution in [0, 0.1) is 0 Å². The van der Waals surface area contributed by atoms with E-state index in [9.17, 15) is 9.59 Å². The number of likely N-dealkylation sites (N-methyl/N-ethyl adjacent to an activating group) is 1. The highest BCUT2D eigenvalue weighted by molar-refractivity contribution is 5.94. The van der Waals surface area contributed by atoms with Crippen molar-refractivity contribution in [1.29, 1.82) is 0 Å². The lowest BCUT2D eigenvalue weighted by molar-refractivity contribution is 0.0222. The third-order valence-electron chi connectivity index (χ3n) is 4.99. The van der Waals surface area contributed by atoms with Gasteiger partial charge in [-0.2, -0.15) is 10.2 Å². The van der Waals surface area contributed by atoms with Crippen molar-refractivity contribution in [3.05, 3.63) is 29.1 Å². The Hall–Kier alpha value is -2.91. The summed E-state index contributed by atoms with van der Waals surface area (Å²) in [6, 6.07) is 0. The van der Waals surface area contributed by atoms with Crippen LogP contribution < -0.4 is 0 Å². The van der Waals surface area contributed by atoms with E-state index in [1.165, 1.54) is 6.33 Å². The third-order valence-corrected chi connectivity index (χ3v) is 4.99. The summed E-state index contributed by atoms with van der Waals surface area (Å²) in [5.74, 6) is 0.513. The predicted molar refractivity (Wildman–Crippen MR) is 98.7 cm³/mol. The monoisotopic (exact) mass is 387 g/mol. The second-order valence-electron chi connectivity index (χ2n) is 8.35. The number of rotatable bonds is 1. The molecule has 0 aliphatic carbocycles. The Balaban J connectivity index is 1.64. The number of amides is 2. The number of carbonyl (C=O) groups is 2. The van der Waals surface area contributed by atoms with Crippen molar-refractivity contribution in [3.8, 4) is 0 Å². The zero-order valence-electron chi connectivity index (χ0n) is 16.6. The van der Waals surface area contributed by atoms with Crippen molar-refractivity contribution < 1.29 is 14.3 Å². The van der Waals surface area contributed by atoms with E-state index >= 15 is 0 Å². The molecule has 2 aromatic heterocycles. The normalized spacial score (nSPS) is 19.9. The number of aromatic nitrogens is 5. The number of hydrogen-bond donors (Lipinski definition) is 1. The van der Waals surface area contributed by atoms with Crippen LogP contribution in [0.1, 0.15) is 54.3 Å². The lowest BCUT2D eigenvalue weighted by atomic mass is 10.1. The van der Waals surface area contributed by atoms with Crippen molar-refractivity contribution >= 4 is 12.0 Å². The highest BCUT2D eigenvalue weighted by Crippen LogP contribution is 2.29. The largest absolute Gasteiger partial charge is 0.444 e. The molecule has 0 saturated heterocycles. The lowest BCUT2D eigenvalue weighted by Crippen LogP contribution is -2.40. The smallest absolute Gasteiger partial charge is 0.410 e. The number of ether oxygens (including phenoxy) is 1. The quantitative estimate of drug-likeness (QED) is 0.786. The van der Waals surface area contributed by atoms with Crippen LogP contribution in [-0.2, 0) is 24.2 Å². The van der Waals surface area contributed by atoms with Crippen LogP contribution in [-0.4, -0.2) is 72.5 Å². The number of nitrogens with one attached hydrogen (secondary N) is 1. The fourth-order valence-electron chi connectivity index (χ4n) is 3.72. The maximum Gasteiger partial charge on any atom is 0.410 e. The van der Waals surface area contributed by atoms with Gasteiger partial charge in [0.15, 0.2) is 5.82 Å². The zero-order valence-corrected chi connectivity index (χ0v) is 16.6. The molecule has 0 fully saturated rings. The summed E-state index contributed by atoms with van der Waals surface area (Å²) in [4.78, 5) is 33.1. The summed E-state index contributed by atoms with van der Waals surface area (Å²) in [7, 11) is 1.77. The Kier molecular flexibility index (Phi) is 4.35. The van der Waals surface area contributed by atoms with Crippen molar-refractivity contribution in [3.63, 3.8) is 0 Å². The molecular weight excluding hydrogens is 362 g/mol. The number of carbonyl (C=O) groups excluding carboxylic acids is 2. The van der Waals surface area contributed by atoms with Gasteiger partial charge in [0.1, 0.15) is 17.6 Å². The van der Waals surface area contributed by atoms with Gasteiger partial charge in [0.25, 0.3) is 5.91 Å². The van der Waals surface area contributed by atoms with Crippen LogP contribution in [0.15, 0.2) is 6.33 Å². The van der Waals surface area contributed by atoms with Gasteiger partial charge in [0.05, 0.1) is 24.7 Å². The molecule has 4 rings (SSSR count). The van der Waals surface area contributed by atoms with Gasteiger partial charge in [-0.25, -0.2) is 9.78 Å². The Morgan fingerprint density at radius 2 is 2.11 bits per heavy atom. The van der Waals surface area contributed by atoms with E-state index in [4.69, 9.17) is 4.74 Å². The first-order valence-electron chi connectivity index (χ1n) is 9.40. The molecule has 1 N–H and O–H groups in total. The van der Waals surface area contributed by atoms with Gasteiger partial charge in [-0.3, -0.25) is 14.6 Å². The first kappa shape index (κ1) is 18.5. The summed E-state index contributed by atoms with van der Waals surface area (Å²) < 4.78 is 7.26. The van der Waals surface area contributed by atoms with Crippen molar-refractivity contribution in [2.75, 3.05) is 20.1 Å². The number of H-pyrrole nitrogens is 1. The van der Waals surface area contributed by atoms with E-state index in [0.29, 0.717) is 44.1 Å². The number of hydrogen-bond acceptors (Lipinski definition) is 6. The molecule has 10 nitrogen and oxygen atoms in total. The third kappa shape index (κ3) is 3.34. The second kappa shape index (κ2) is 6.61. The van der Waals surface area contributed by atoms with Gasteiger partial charge < -0.3 is 14.5 Å². The molecule has 0 saturated carbocycles. The van der Waals surface area contributed by atoms with Gasteiger partial charge in [0, 0.05) is 32.1 Å². The first-order chi connectivity index (χ1) is 13.2. The van der Waals surface area contributed by atoms with Crippen LogP contribution in [0.5, 0.6) is 0 Å². The van der Waals surface area contributed by atoms with Crippen LogP contribution in [0.3, 0.4) is 0 Å². The number of nitrogens with zero attached hydrogens (tertiary/aromatic N) is 6. The Morgan fingerprint density at radius 1 is 1.32 bits per heavy atom. The van der Waals surface area contributed by atoms with Gasteiger partial charge in [-0.05, 0) is 20.8 Å². The minimum absolute atomic E-state index is 0.0511. The van der Waals surface area contributed by atoms with E-state index in [2.05, 4.69) is 20.3 Å². The molecule has 0 spiro atoms. The second-order valence-corrected chi connectivity index (χ2v) is 8.35. The van der Waals surface area contributed by atoms with Gasteiger partial charge in [-0.15, -0.1) is 0 Å². The van der Waals surface area contributed by atoms with Crippen LogP contribution in [0.2, 0.25) is 0 Å². The molecule has 150 valence electrons. The summed E-state index contributed by atoms with van der Waals surface area (Å²) in [6.07, 6.45) is 1.76. The van der Waals surface area contributed by atoms with Crippen LogP contribution in [0.4, 0.5) is 4.79 Å². The van der Waals surface area contributed by atoms with E-state index in [1.54, 1.807) is 21.5 Å². The van der Waals surface area contributed by atoms with Gasteiger partial charge in [-0.1, -0.05) is 0 Å². The predicted octanol–water partition coefficient (Wildman–Crippen LogP) is 1.16. The fraction of sp³-hybridized carbons (Fsp3) is 0.611. The van der Waals surface area contributed by atoms with E-state index in [-0.39, 0.29) is 17.9 Å². The maximum atomic E-state index is 13.1. The molecule has 0 aromatic carbocycles. The molecular formula is C18H25N7O3. The first-order valence-corrected chi connectivity index (χ1v) is 9.40.